The maximum absolute atomic E-state index is 13.4. The highest BCUT2D eigenvalue weighted by Gasteiger charge is 2.18. The van der Waals surface area contributed by atoms with Crippen LogP contribution >= 0.6 is 31.9 Å². The van der Waals surface area contributed by atoms with Crippen molar-refractivity contribution in [3.63, 3.8) is 0 Å². The van der Waals surface area contributed by atoms with Crippen LogP contribution < -0.4 is 10.1 Å². The van der Waals surface area contributed by atoms with Gasteiger partial charge in [-0.15, -0.1) is 0 Å². The first-order valence-electron chi connectivity index (χ1n) is 8.62. The van der Waals surface area contributed by atoms with E-state index >= 15 is 0 Å². The van der Waals surface area contributed by atoms with E-state index in [1.807, 2.05) is 6.92 Å². The van der Waals surface area contributed by atoms with Crippen molar-refractivity contribution in [2.75, 3.05) is 11.9 Å². The quantitative estimate of drug-likeness (QED) is 0.449. The predicted molar refractivity (Wildman–Crippen MR) is 112 cm³/mol. The van der Waals surface area contributed by atoms with Crippen LogP contribution in [-0.2, 0) is 17.8 Å². The van der Waals surface area contributed by atoms with Gasteiger partial charge in [0, 0.05) is 18.7 Å². The standard InChI is InChI=1S/C20H22Br2FNO3/c1-3-4-24-15-6-12(2)5-14(7-15)11-27-19-16(21)8-13(9-17(19)22)10-18(23)20(25)26/h5-9,18,24H,3-4,10-11H2,1-2H3,(H,25,26). The van der Waals surface area contributed by atoms with Gasteiger partial charge in [0.25, 0.3) is 0 Å². The lowest BCUT2D eigenvalue weighted by Crippen LogP contribution is -2.17. The zero-order chi connectivity index (χ0) is 20.0. The monoisotopic (exact) mass is 501 g/mol. The normalized spacial score (nSPS) is 11.9. The van der Waals surface area contributed by atoms with Gasteiger partial charge in [-0.3, -0.25) is 0 Å². The van der Waals surface area contributed by atoms with Gasteiger partial charge in [-0.2, -0.15) is 0 Å². The van der Waals surface area contributed by atoms with Crippen LogP contribution in [0, 0.1) is 6.92 Å². The van der Waals surface area contributed by atoms with Crippen molar-refractivity contribution in [1.29, 1.82) is 0 Å². The summed E-state index contributed by atoms with van der Waals surface area (Å²) in [4.78, 5) is 10.7. The van der Waals surface area contributed by atoms with Crippen molar-refractivity contribution in [3.8, 4) is 5.75 Å². The number of ether oxygens (including phenoxy) is 1. The summed E-state index contributed by atoms with van der Waals surface area (Å²) in [6.45, 7) is 5.44. The molecule has 2 N–H and O–H groups in total. The molecule has 0 heterocycles. The second-order valence-electron chi connectivity index (χ2n) is 6.32. The van der Waals surface area contributed by atoms with Gasteiger partial charge in [0.2, 0.25) is 6.17 Å². The highest BCUT2D eigenvalue weighted by atomic mass is 79.9. The molecule has 0 amide bonds. The number of carbonyl (C=O) groups is 1. The number of carboxylic acid groups (broad SMARTS) is 1. The predicted octanol–water partition coefficient (Wildman–Crippen LogP) is 5.89. The Kier molecular flexibility index (Phi) is 8.10. The summed E-state index contributed by atoms with van der Waals surface area (Å²) in [6.07, 6.45) is -1.08. The third kappa shape index (κ3) is 6.50. The van der Waals surface area contributed by atoms with Crippen LogP contribution in [0.25, 0.3) is 0 Å². The van der Waals surface area contributed by atoms with Crippen LogP contribution in [0.2, 0.25) is 0 Å². The van der Waals surface area contributed by atoms with Gasteiger partial charge in [0.15, 0.2) is 0 Å². The van der Waals surface area contributed by atoms with Crippen LogP contribution in [-0.4, -0.2) is 23.8 Å². The fraction of sp³-hybridized carbons (Fsp3) is 0.350. The third-order valence-corrected chi connectivity index (χ3v) is 5.02. The van der Waals surface area contributed by atoms with Gasteiger partial charge in [-0.1, -0.05) is 13.0 Å². The number of hydrogen-bond acceptors (Lipinski definition) is 3. The van der Waals surface area contributed by atoms with E-state index < -0.39 is 12.1 Å². The van der Waals surface area contributed by atoms with Crippen LogP contribution in [0.15, 0.2) is 39.3 Å². The molecule has 0 aromatic heterocycles. The Morgan fingerprint density at radius 1 is 1.19 bits per heavy atom. The zero-order valence-corrected chi connectivity index (χ0v) is 18.4. The van der Waals surface area contributed by atoms with Crippen molar-refractivity contribution in [3.05, 3.63) is 56.0 Å². The van der Waals surface area contributed by atoms with E-state index in [-0.39, 0.29) is 6.42 Å². The van der Waals surface area contributed by atoms with Crippen LogP contribution in [0.5, 0.6) is 5.75 Å². The molecule has 4 nitrogen and oxygen atoms in total. The molecule has 2 aromatic rings. The Labute approximate surface area is 175 Å². The summed E-state index contributed by atoms with van der Waals surface area (Å²) < 4.78 is 20.7. The van der Waals surface area contributed by atoms with E-state index in [1.165, 1.54) is 0 Å². The summed E-state index contributed by atoms with van der Waals surface area (Å²) in [5.41, 5.74) is 3.81. The Morgan fingerprint density at radius 3 is 2.44 bits per heavy atom. The lowest BCUT2D eigenvalue weighted by molar-refractivity contribution is -0.142. The summed E-state index contributed by atoms with van der Waals surface area (Å²) in [5, 5.41) is 12.1. The SMILES string of the molecule is CCCNc1cc(C)cc(COc2c(Br)cc(CC(F)C(=O)O)cc2Br)c1. The maximum Gasteiger partial charge on any atom is 0.338 e. The molecule has 0 radical (unpaired) electrons. The van der Waals surface area contributed by atoms with Crippen molar-refractivity contribution < 1.29 is 19.0 Å². The van der Waals surface area contributed by atoms with Gasteiger partial charge in [-0.05, 0) is 86.2 Å². The maximum atomic E-state index is 13.4. The topological polar surface area (TPSA) is 58.6 Å². The summed E-state index contributed by atoms with van der Waals surface area (Å²) >= 11 is 6.85. The Hall–Kier alpha value is -1.60. The lowest BCUT2D eigenvalue weighted by atomic mass is 10.1. The largest absolute Gasteiger partial charge is 0.487 e. The van der Waals surface area contributed by atoms with Crippen molar-refractivity contribution in [2.24, 2.45) is 0 Å². The molecule has 0 fully saturated rings. The molecule has 0 saturated heterocycles. The summed E-state index contributed by atoms with van der Waals surface area (Å²) in [7, 11) is 0. The molecule has 146 valence electrons. The number of anilines is 1. The average molecular weight is 503 g/mol. The van der Waals surface area contributed by atoms with Gasteiger partial charge in [0.05, 0.1) is 8.95 Å². The lowest BCUT2D eigenvalue weighted by Gasteiger charge is -2.14. The Morgan fingerprint density at radius 2 is 1.85 bits per heavy atom. The Bertz CT molecular complexity index is 791. The molecule has 0 spiro atoms. The van der Waals surface area contributed by atoms with Gasteiger partial charge in [-0.25, -0.2) is 9.18 Å². The number of aliphatic carboxylic acids is 1. The second-order valence-corrected chi connectivity index (χ2v) is 8.03. The second kappa shape index (κ2) is 10.1. The number of alkyl halides is 1. The minimum atomic E-state index is -1.93. The third-order valence-electron chi connectivity index (χ3n) is 3.84. The molecule has 2 aromatic carbocycles. The number of benzene rings is 2. The average Bonchev–Trinajstić information content (AvgIpc) is 2.58. The molecule has 1 unspecified atom stereocenters. The van der Waals surface area contributed by atoms with Crippen molar-refractivity contribution in [1.82, 2.24) is 0 Å². The molecular formula is C20H22Br2FNO3. The first kappa shape index (κ1) is 21.7. The molecule has 7 heteroatoms. The fourth-order valence-electron chi connectivity index (χ4n) is 2.64. The minimum absolute atomic E-state index is 0.197. The number of carboxylic acids is 1. The first-order chi connectivity index (χ1) is 12.8. The molecule has 0 bridgehead atoms. The van der Waals surface area contributed by atoms with Crippen LogP contribution in [0.3, 0.4) is 0 Å². The van der Waals surface area contributed by atoms with E-state index in [9.17, 15) is 9.18 Å². The molecule has 27 heavy (non-hydrogen) atoms. The molecule has 0 aliphatic heterocycles. The Balaban J connectivity index is 2.11. The fourth-order valence-corrected chi connectivity index (χ4v) is 4.15. The first-order valence-corrected chi connectivity index (χ1v) is 10.2. The molecular weight excluding hydrogens is 481 g/mol. The van der Waals surface area contributed by atoms with Crippen molar-refractivity contribution >= 4 is 43.5 Å². The zero-order valence-electron chi connectivity index (χ0n) is 15.2. The summed E-state index contributed by atoms with van der Waals surface area (Å²) in [5.74, 6) is -0.872. The van der Waals surface area contributed by atoms with E-state index in [2.05, 4.69) is 62.3 Å². The number of rotatable bonds is 9. The van der Waals surface area contributed by atoms with Gasteiger partial charge in [0.1, 0.15) is 12.4 Å². The highest BCUT2D eigenvalue weighted by molar-refractivity contribution is 9.11. The highest BCUT2D eigenvalue weighted by Crippen LogP contribution is 2.36. The molecule has 2 rings (SSSR count). The van der Waals surface area contributed by atoms with Crippen LogP contribution in [0.1, 0.15) is 30.0 Å². The number of hydrogen-bond donors (Lipinski definition) is 2. The van der Waals surface area contributed by atoms with E-state index in [1.54, 1.807) is 12.1 Å². The van der Waals surface area contributed by atoms with Crippen LogP contribution in [0.4, 0.5) is 10.1 Å². The molecule has 0 saturated carbocycles. The van der Waals surface area contributed by atoms with Gasteiger partial charge >= 0.3 is 5.97 Å². The molecule has 0 aliphatic rings. The number of nitrogens with one attached hydrogen (secondary N) is 1. The van der Waals surface area contributed by atoms with Gasteiger partial charge < -0.3 is 15.2 Å². The van der Waals surface area contributed by atoms with E-state index in [0.717, 1.165) is 29.8 Å². The van der Waals surface area contributed by atoms with Crippen molar-refractivity contribution in [2.45, 2.75) is 39.5 Å². The number of halogens is 3. The number of aryl methyl sites for hydroxylation is 1. The molecule has 0 aliphatic carbocycles. The molecule has 1 atom stereocenters. The minimum Gasteiger partial charge on any atom is -0.487 e. The van der Waals surface area contributed by atoms with E-state index in [0.29, 0.717) is 26.9 Å². The summed E-state index contributed by atoms with van der Waals surface area (Å²) in [6, 6.07) is 9.57. The smallest absolute Gasteiger partial charge is 0.338 e. The van der Waals surface area contributed by atoms with E-state index in [4.69, 9.17) is 9.84 Å².